The van der Waals surface area contributed by atoms with Gasteiger partial charge in [0.25, 0.3) is 10.0 Å². The van der Waals surface area contributed by atoms with Gasteiger partial charge in [0.15, 0.2) is 5.13 Å². The van der Waals surface area contributed by atoms with Crippen molar-refractivity contribution >= 4 is 48.1 Å². The summed E-state index contributed by atoms with van der Waals surface area (Å²) in [6.07, 6.45) is 0. The molecule has 2 aromatic rings. The number of nitrogens with zero attached hydrogens (tertiary/aromatic N) is 1. The lowest BCUT2D eigenvalue weighted by molar-refractivity contribution is 0.573. The SMILES string of the molecule is CC(C)(C)c1csc(NS(=O)(=O)c2cc(Br)ccc2N)n1. The number of hydrogen-bond donors (Lipinski definition) is 2. The maximum absolute atomic E-state index is 12.4. The summed E-state index contributed by atoms with van der Waals surface area (Å²) < 4.78 is 27.9. The Hall–Kier alpha value is -1.12. The molecule has 1 aromatic carbocycles. The molecule has 0 atom stereocenters. The van der Waals surface area contributed by atoms with Crippen molar-refractivity contribution in [3.8, 4) is 0 Å². The first-order valence-electron chi connectivity index (χ1n) is 6.13. The smallest absolute Gasteiger partial charge is 0.265 e. The largest absolute Gasteiger partial charge is 0.398 e. The Morgan fingerprint density at radius 1 is 1.33 bits per heavy atom. The molecule has 0 aliphatic carbocycles. The zero-order valence-corrected chi connectivity index (χ0v) is 15.1. The van der Waals surface area contributed by atoms with Crippen LogP contribution in [0.3, 0.4) is 0 Å². The van der Waals surface area contributed by atoms with Gasteiger partial charge in [-0.15, -0.1) is 11.3 Å². The number of halogens is 1. The van der Waals surface area contributed by atoms with Crippen molar-refractivity contribution in [1.29, 1.82) is 0 Å². The van der Waals surface area contributed by atoms with Crippen molar-refractivity contribution in [2.24, 2.45) is 0 Å². The molecule has 3 N–H and O–H groups in total. The van der Waals surface area contributed by atoms with E-state index in [1.54, 1.807) is 12.1 Å². The predicted octanol–water partition coefficient (Wildman–Crippen LogP) is 3.59. The number of thiazole rings is 1. The monoisotopic (exact) mass is 389 g/mol. The van der Waals surface area contributed by atoms with Gasteiger partial charge >= 0.3 is 0 Å². The first-order valence-corrected chi connectivity index (χ1v) is 9.29. The molecular formula is C13H16BrN3O2S2. The molecule has 0 aliphatic heterocycles. The van der Waals surface area contributed by atoms with Gasteiger partial charge in [-0.1, -0.05) is 36.7 Å². The second kappa shape index (κ2) is 5.58. The molecule has 5 nitrogen and oxygen atoms in total. The van der Waals surface area contributed by atoms with Crippen molar-refractivity contribution in [3.05, 3.63) is 33.7 Å². The molecule has 0 fully saturated rings. The molecule has 2 rings (SSSR count). The van der Waals surface area contributed by atoms with Crippen molar-refractivity contribution in [1.82, 2.24) is 4.98 Å². The molecule has 0 saturated heterocycles. The number of hydrogen-bond acceptors (Lipinski definition) is 5. The van der Waals surface area contributed by atoms with E-state index in [-0.39, 0.29) is 16.0 Å². The summed E-state index contributed by atoms with van der Waals surface area (Å²) in [5.74, 6) is 0. The van der Waals surface area contributed by atoms with Gasteiger partial charge in [-0.05, 0) is 18.2 Å². The zero-order valence-electron chi connectivity index (χ0n) is 11.8. The van der Waals surface area contributed by atoms with Crippen LogP contribution in [0.15, 0.2) is 32.9 Å². The molecule has 21 heavy (non-hydrogen) atoms. The van der Waals surface area contributed by atoms with E-state index < -0.39 is 10.0 Å². The van der Waals surface area contributed by atoms with Crippen molar-refractivity contribution in [2.75, 3.05) is 10.5 Å². The fourth-order valence-corrected chi connectivity index (χ4v) is 4.44. The Morgan fingerprint density at radius 2 is 2.00 bits per heavy atom. The number of rotatable bonds is 3. The molecule has 0 spiro atoms. The minimum atomic E-state index is -3.76. The Bertz CT molecular complexity index is 764. The third-order valence-electron chi connectivity index (χ3n) is 2.76. The van der Waals surface area contributed by atoms with Gasteiger partial charge < -0.3 is 5.73 Å². The van der Waals surface area contributed by atoms with E-state index in [0.29, 0.717) is 9.60 Å². The molecule has 1 heterocycles. The van der Waals surface area contributed by atoms with Gasteiger partial charge in [0.05, 0.1) is 11.4 Å². The maximum atomic E-state index is 12.4. The van der Waals surface area contributed by atoms with Crippen LogP contribution in [0.1, 0.15) is 26.5 Å². The number of anilines is 2. The summed E-state index contributed by atoms with van der Waals surface area (Å²) in [7, 11) is -3.76. The lowest BCUT2D eigenvalue weighted by atomic mass is 9.93. The Morgan fingerprint density at radius 3 is 2.57 bits per heavy atom. The van der Waals surface area contributed by atoms with Crippen LogP contribution < -0.4 is 10.5 Å². The van der Waals surface area contributed by atoms with E-state index in [2.05, 4.69) is 25.6 Å². The maximum Gasteiger partial charge on any atom is 0.265 e. The Kier molecular flexibility index (Phi) is 4.32. The van der Waals surface area contributed by atoms with Gasteiger partial charge in [0, 0.05) is 15.3 Å². The highest BCUT2D eigenvalue weighted by atomic mass is 79.9. The van der Waals surface area contributed by atoms with Gasteiger partial charge in [0.2, 0.25) is 0 Å². The highest BCUT2D eigenvalue weighted by Crippen LogP contribution is 2.29. The predicted molar refractivity (Wildman–Crippen MR) is 90.2 cm³/mol. The highest BCUT2D eigenvalue weighted by molar-refractivity contribution is 9.10. The molecular weight excluding hydrogens is 374 g/mol. The molecule has 0 amide bonds. The summed E-state index contributed by atoms with van der Waals surface area (Å²) in [5, 5.41) is 2.18. The summed E-state index contributed by atoms with van der Waals surface area (Å²) in [4.78, 5) is 4.35. The summed E-state index contributed by atoms with van der Waals surface area (Å²) in [5.41, 5.74) is 6.65. The molecule has 0 aliphatic rings. The molecule has 0 saturated carbocycles. The van der Waals surface area contributed by atoms with Crippen LogP contribution in [0.2, 0.25) is 0 Å². The van der Waals surface area contributed by atoms with E-state index >= 15 is 0 Å². The summed E-state index contributed by atoms with van der Waals surface area (Å²) in [6, 6.07) is 4.70. The quantitative estimate of drug-likeness (QED) is 0.785. The molecule has 8 heteroatoms. The van der Waals surface area contributed by atoms with E-state index in [4.69, 9.17) is 5.73 Å². The Balaban J connectivity index is 2.34. The normalized spacial score (nSPS) is 12.4. The van der Waals surface area contributed by atoms with Crippen molar-refractivity contribution in [2.45, 2.75) is 31.1 Å². The third kappa shape index (κ3) is 3.75. The van der Waals surface area contributed by atoms with Crippen LogP contribution in [0.4, 0.5) is 10.8 Å². The van der Waals surface area contributed by atoms with Gasteiger partial charge in [-0.2, -0.15) is 0 Å². The van der Waals surface area contributed by atoms with E-state index in [0.717, 1.165) is 5.69 Å². The second-order valence-electron chi connectivity index (χ2n) is 5.58. The van der Waals surface area contributed by atoms with E-state index in [1.807, 2.05) is 26.2 Å². The first kappa shape index (κ1) is 16.3. The minimum Gasteiger partial charge on any atom is -0.398 e. The summed E-state index contributed by atoms with van der Waals surface area (Å²) >= 11 is 4.50. The van der Waals surface area contributed by atoms with Gasteiger partial charge in [-0.3, -0.25) is 4.72 Å². The van der Waals surface area contributed by atoms with Crippen LogP contribution in [0, 0.1) is 0 Å². The molecule has 0 unspecified atom stereocenters. The van der Waals surface area contributed by atoms with E-state index in [1.165, 1.54) is 17.4 Å². The molecule has 0 bridgehead atoms. The molecule has 1 aromatic heterocycles. The number of sulfonamides is 1. The third-order valence-corrected chi connectivity index (χ3v) is 5.53. The zero-order chi connectivity index (χ0) is 15.8. The fraction of sp³-hybridized carbons (Fsp3) is 0.308. The molecule has 0 radical (unpaired) electrons. The van der Waals surface area contributed by atoms with Gasteiger partial charge in [-0.25, -0.2) is 13.4 Å². The number of nitrogens with one attached hydrogen (secondary N) is 1. The molecule has 114 valence electrons. The number of nitrogen functional groups attached to an aromatic ring is 1. The Labute approximate surface area is 136 Å². The first-order chi connectivity index (χ1) is 9.59. The van der Waals surface area contributed by atoms with Crippen LogP contribution in [0.5, 0.6) is 0 Å². The van der Waals surface area contributed by atoms with Crippen LogP contribution in [0.25, 0.3) is 0 Å². The highest BCUT2D eigenvalue weighted by Gasteiger charge is 2.22. The van der Waals surface area contributed by atoms with Gasteiger partial charge in [0.1, 0.15) is 4.90 Å². The lowest BCUT2D eigenvalue weighted by Gasteiger charge is -2.14. The van der Waals surface area contributed by atoms with Crippen LogP contribution in [-0.2, 0) is 15.4 Å². The van der Waals surface area contributed by atoms with Crippen molar-refractivity contribution < 1.29 is 8.42 Å². The lowest BCUT2D eigenvalue weighted by Crippen LogP contribution is -2.16. The van der Waals surface area contributed by atoms with E-state index in [9.17, 15) is 8.42 Å². The minimum absolute atomic E-state index is 0.0318. The standard InChI is InChI=1S/C13H16BrN3O2S2/c1-13(2,3)11-7-20-12(16-11)17-21(18,19)10-6-8(14)4-5-9(10)15/h4-7H,15H2,1-3H3,(H,16,17). The number of benzene rings is 1. The number of nitrogens with two attached hydrogens (primary N) is 1. The summed E-state index contributed by atoms with van der Waals surface area (Å²) in [6.45, 7) is 6.06. The van der Waals surface area contributed by atoms with Crippen LogP contribution in [-0.4, -0.2) is 13.4 Å². The number of aromatic nitrogens is 1. The average molecular weight is 390 g/mol. The van der Waals surface area contributed by atoms with Crippen LogP contribution >= 0.6 is 27.3 Å². The average Bonchev–Trinajstić information content (AvgIpc) is 2.79. The fourth-order valence-electron chi connectivity index (χ4n) is 1.58. The second-order valence-corrected chi connectivity index (χ2v) is 9.00. The van der Waals surface area contributed by atoms with Crippen molar-refractivity contribution in [3.63, 3.8) is 0 Å². The topological polar surface area (TPSA) is 85.1 Å².